The van der Waals surface area contributed by atoms with Crippen molar-refractivity contribution < 1.29 is 9.53 Å². The van der Waals surface area contributed by atoms with Gasteiger partial charge in [-0.1, -0.05) is 19.3 Å². The molecule has 1 saturated heterocycles. The van der Waals surface area contributed by atoms with E-state index in [2.05, 4.69) is 10.3 Å². The standard InChI is InChI=1S/C15H20N2O2/c18-14(12-4-8-16-9-5-12)17-13-10-15(19-11-13)6-2-1-3-7-15/h4-5,8-9,13H,1-3,6-7,10-11H2,(H,17,18)/t13-/m0/s1. The van der Waals surface area contributed by atoms with Gasteiger partial charge in [-0.25, -0.2) is 0 Å². The molecule has 1 saturated carbocycles. The number of hydrogen-bond acceptors (Lipinski definition) is 3. The first-order valence-electron chi connectivity index (χ1n) is 7.12. The average Bonchev–Trinajstić information content (AvgIpc) is 2.83. The molecule has 0 aromatic carbocycles. The Morgan fingerprint density at radius 3 is 2.74 bits per heavy atom. The average molecular weight is 260 g/mol. The van der Waals surface area contributed by atoms with Crippen LogP contribution in [0, 0.1) is 0 Å². The van der Waals surface area contributed by atoms with Crippen molar-refractivity contribution in [2.75, 3.05) is 6.61 Å². The molecule has 2 aliphatic rings. The molecule has 19 heavy (non-hydrogen) atoms. The number of nitrogens with one attached hydrogen (secondary N) is 1. The Balaban J connectivity index is 1.58. The molecule has 3 rings (SSSR count). The monoisotopic (exact) mass is 260 g/mol. The molecule has 1 aliphatic heterocycles. The van der Waals surface area contributed by atoms with E-state index < -0.39 is 0 Å². The molecule has 0 bridgehead atoms. The molecule has 1 amide bonds. The van der Waals surface area contributed by atoms with Crippen molar-refractivity contribution in [1.29, 1.82) is 0 Å². The third-order valence-corrected chi connectivity index (χ3v) is 4.25. The molecule has 4 heteroatoms. The second-order valence-electron chi connectivity index (χ2n) is 5.67. The smallest absolute Gasteiger partial charge is 0.251 e. The highest BCUT2D eigenvalue weighted by Crippen LogP contribution is 2.39. The number of rotatable bonds is 2. The van der Waals surface area contributed by atoms with Crippen LogP contribution >= 0.6 is 0 Å². The summed E-state index contributed by atoms with van der Waals surface area (Å²) in [5.74, 6) is -0.0242. The molecular weight excluding hydrogens is 240 g/mol. The van der Waals surface area contributed by atoms with Crippen LogP contribution in [-0.2, 0) is 4.74 Å². The summed E-state index contributed by atoms with van der Waals surface area (Å²) in [6, 6.07) is 3.63. The van der Waals surface area contributed by atoms with Crippen molar-refractivity contribution >= 4 is 5.91 Å². The number of hydrogen-bond donors (Lipinski definition) is 1. The number of ether oxygens (including phenoxy) is 1. The fraction of sp³-hybridized carbons (Fsp3) is 0.600. The van der Waals surface area contributed by atoms with Crippen molar-refractivity contribution in [1.82, 2.24) is 10.3 Å². The number of carbonyl (C=O) groups is 1. The summed E-state index contributed by atoms with van der Waals surface area (Å²) in [5.41, 5.74) is 0.716. The number of nitrogens with zero attached hydrogens (tertiary/aromatic N) is 1. The Labute approximate surface area is 113 Å². The normalized spacial score (nSPS) is 25.4. The number of aromatic nitrogens is 1. The topological polar surface area (TPSA) is 51.2 Å². The van der Waals surface area contributed by atoms with Gasteiger partial charge in [0.1, 0.15) is 0 Å². The summed E-state index contributed by atoms with van der Waals surface area (Å²) >= 11 is 0. The van der Waals surface area contributed by atoms with Gasteiger partial charge in [0, 0.05) is 18.0 Å². The third-order valence-electron chi connectivity index (χ3n) is 4.25. The molecule has 1 aromatic rings. The fourth-order valence-electron chi connectivity index (χ4n) is 3.25. The quantitative estimate of drug-likeness (QED) is 0.887. The molecule has 0 unspecified atom stereocenters. The van der Waals surface area contributed by atoms with Crippen LogP contribution in [0.15, 0.2) is 24.5 Å². The largest absolute Gasteiger partial charge is 0.373 e. The van der Waals surface area contributed by atoms with Gasteiger partial charge >= 0.3 is 0 Å². The van der Waals surface area contributed by atoms with Crippen LogP contribution in [0.4, 0.5) is 0 Å². The van der Waals surface area contributed by atoms with Crippen LogP contribution in [0.5, 0.6) is 0 Å². The van der Waals surface area contributed by atoms with E-state index in [0.717, 1.165) is 19.3 Å². The van der Waals surface area contributed by atoms with E-state index in [0.29, 0.717) is 12.2 Å². The van der Waals surface area contributed by atoms with Gasteiger partial charge in [-0.2, -0.15) is 0 Å². The molecule has 1 aliphatic carbocycles. The minimum Gasteiger partial charge on any atom is -0.373 e. The van der Waals surface area contributed by atoms with Gasteiger partial charge in [0.2, 0.25) is 0 Å². The van der Waals surface area contributed by atoms with Crippen molar-refractivity contribution in [3.8, 4) is 0 Å². The first kappa shape index (κ1) is 12.6. The highest BCUT2D eigenvalue weighted by molar-refractivity contribution is 5.94. The highest BCUT2D eigenvalue weighted by Gasteiger charge is 2.41. The van der Waals surface area contributed by atoms with Crippen molar-refractivity contribution in [3.63, 3.8) is 0 Å². The minimum atomic E-state index is -0.0242. The van der Waals surface area contributed by atoms with Gasteiger partial charge in [-0.15, -0.1) is 0 Å². The minimum absolute atomic E-state index is 0.0242. The van der Waals surface area contributed by atoms with E-state index in [-0.39, 0.29) is 17.6 Å². The maximum atomic E-state index is 12.1. The van der Waals surface area contributed by atoms with Crippen molar-refractivity contribution in [3.05, 3.63) is 30.1 Å². The molecule has 102 valence electrons. The molecule has 4 nitrogen and oxygen atoms in total. The van der Waals surface area contributed by atoms with Gasteiger partial charge < -0.3 is 10.1 Å². The Hall–Kier alpha value is -1.42. The maximum Gasteiger partial charge on any atom is 0.251 e. The van der Waals surface area contributed by atoms with Crippen LogP contribution < -0.4 is 5.32 Å². The zero-order chi connectivity index (χ0) is 13.1. The van der Waals surface area contributed by atoms with E-state index in [1.807, 2.05) is 0 Å². The Bertz CT molecular complexity index is 441. The number of amides is 1. The van der Waals surface area contributed by atoms with Crippen LogP contribution in [-0.4, -0.2) is 29.1 Å². The lowest BCUT2D eigenvalue weighted by molar-refractivity contribution is -0.0246. The molecule has 1 spiro atoms. The molecule has 0 radical (unpaired) electrons. The summed E-state index contributed by atoms with van der Waals surface area (Å²) in [4.78, 5) is 16.0. The summed E-state index contributed by atoms with van der Waals surface area (Å²) < 4.78 is 6.00. The van der Waals surface area contributed by atoms with Gasteiger partial charge in [0.25, 0.3) is 5.91 Å². The predicted octanol–water partition coefficient (Wildman–Crippen LogP) is 2.30. The fourth-order valence-corrected chi connectivity index (χ4v) is 3.25. The second kappa shape index (κ2) is 5.29. The Morgan fingerprint density at radius 2 is 2.00 bits per heavy atom. The number of carbonyl (C=O) groups excluding carboxylic acids is 1. The lowest BCUT2D eigenvalue weighted by Gasteiger charge is -2.32. The molecule has 1 atom stereocenters. The van der Waals surface area contributed by atoms with E-state index in [1.165, 1.54) is 19.3 Å². The summed E-state index contributed by atoms with van der Waals surface area (Å²) in [6.07, 6.45) is 10.4. The first-order valence-corrected chi connectivity index (χ1v) is 7.12. The highest BCUT2D eigenvalue weighted by atomic mass is 16.5. The van der Waals surface area contributed by atoms with Gasteiger partial charge in [0.15, 0.2) is 0 Å². The molecular formula is C15H20N2O2. The van der Waals surface area contributed by atoms with Crippen LogP contribution in [0.2, 0.25) is 0 Å². The first-order chi connectivity index (χ1) is 9.27. The SMILES string of the molecule is O=C(N[C@@H]1COC2(CCCCC2)C1)c1ccncc1. The van der Waals surface area contributed by atoms with Crippen molar-refractivity contribution in [2.45, 2.75) is 50.2 Å². The maximum absolute atomic E-state index is 12.1. The van der Waals surface area contributed by atoms with Gasteiger partial charge in [-0.05, 0) is 31.4 Å². The Kier molecular flexibility index (Phi) is 3.51. The van der Waals surface area contributed by atoms with Crippen LogP contribution in [0.25, 0.3) is 0 Å². The van der Waals surface area contributed by atoms with E-state index in [1.54, 1.807) is 24.5 Å². The van der Waals surface area contributed by atoms with E-state index in [4.69, 9.17) is 4.74 Å². The van der Waals surface area contributed by atoms with Gasteiger partial charge in [-0.3, -0.25) is 9.78 Å². The van der Waals surface area contributed by atoms with Crippen molar-refractivity contribution in [2.24, 2.45) is 0 Å². The van der Waals surface area contributed by atoms with Gasteiger partial charge in [0.05, 0.1) is 18.2 Å². The Morgan fingerprint density at radius 1 is 1.26 bits per heavy atom. The summed E-state index contributed by atoms with van der Waals surface area (Å²) in [5, 5.41) is 3.08. The lowest BCUT2D eigenvalue weighted by atomic mass is 9.82. The molecule has 2 heterocycles. The molecule has 2 fully saturated rings. The molecule has 1 N–H and O–H groups in total. The lowest BCUT2D eigenvalue weighted by Crippen LogP contribution is -2.37. The van der Waals surface area contributed by atoms with E-state index >= 15 is 0 Å². The molecule has 1 aromatic heterocycles. The summed E-state index contributed by atoms with van der Waals surface area (Å²) in [6.45, 7) is 0.650. The summed E-state index contributed by atoms with van der Waals surface area (Å²) in [7, 11) is 0. The second-order valence-corrected chi connectivity index (χ2v) is 5.67. The van der Waals surface area contributed by atoms with Crippen LogP contribution in [0.3, 0.4) is 0 Å². The third kappa shape index (κ3) is 2.78. The number of pyridine rings is 1. The van der Waals surface area contributed by atoms with Crippen LogP contribution in [0.1, 0.15) is 48.9 Å². The zero-order valence-electron chi connectivity index (χ0n) is 11.1. The zero-order valence-corrected chi connectivity index (χ0v) is 11.1. The van der Waals surface area contributed by atoms with E-state index in [9.17, 15) is 4.79 Å². The predicted molar refractivity (Wildman–Crippen MR) is 71.9 cm³/mol.